The number of amides is 7. The van der Waals surface area contributed by atoms with Gasteiger partial charge in [-0.3, -0.25) is 38.4 Å². The number of carbonyl (C=O) groups excluding carboxylic acids is 7. The van der Waals surface area contributed by atoms with E-state index in [9.17, 15) is 58.8 Å². The van der Waals surface area contributed by atoms with Crippen LogP contribution in [0.4, 0.5) is 0 Å². The Morgan fingerprint density at radius 2 is 1.43 bits per heavy atom. The maximum absolute atomic E-state index is 14.3. The second-order valence-corrected chi connectivity index (χ2v) is 26.0. The van der Waals surface area contributed by atoms with Crippen LogP contribution < -0.4 is 37.2 Å². The molecule has 5 unspecified atom stereocenters. The maximum atomic E-state index is 14.3. The molecule has 7 amide bonds. The highest BCUT2D eigenvalue weighted by atomic mass is 32.1. The van der Waals surface area contributed by atoms with Crippen LogP contribution in [0.15, 0.2) is 64.0 Å². The molecule has 10 bridgehead atoms. The van der Waals surface area contributed by atoms with Crippen molar-refractivity contribution in [3.05, 3.63) is 117 Å². The van der Waals surface area contributed by atoms with E-state index < -0.39 is 103 Å². The third-order valence-electron chi connectivity index (χ3n) is 13.5. The van der Waals surface area contributed by atoms with E-state index in [1.165, 1.54) is 36.3 Å². The zero-order chi connectivity index (χ0) is 63.6. The predicted molar refractivity (Wildman–Crippen MR) is 331 cm³/mol. The van der Waals surface area contributed by atoms with E-state index in [1.807, 2.05) is 13.8 Å². The molecule has 0 saturated heterocycles. The van der Waals surface area contributed by atoms with Gasteiger partial charge in [0.15, 0.2) is 0 Å². The molecule has 466 valence electrons. The minimum absolute atomic E-state index is 0.0212. The van der Waals surface area contributed by atoms with E-state index in [1.54, 1.807) is 60.1 Å². The lowest BCUT2D eigenvalue weighted by Crippen LogP contribution is -2.48. The summed E-state index contributed by atoms with van der Waals surface area (Å²) in [4.78, 5) is 142. The first-order chi connectivity index (χ1) is 42.7. The molecular formula is C56H58N14O13S6. The Labute approximate surface area is 530 Å². The fourth-order valence-corrected chi connectivity index (χ4v) is 14.4. The van der Waals surface area contributed by atoms with Gasteiger partial charge >= 0.3 is 5.97 Å². The van der Waals surface area contributed by atoms with Crippen molar-refractivity contribution in [1.29, 1.82) is 0 Å². The van der Waals surface area contributed by atoms with Gasteiger partial charge in [0, 0.05) is 59.1 Å². The number of nitrogens with zero attached hydrogens (tertiary/aromatic N) is 7. The lowest BCUT2D eigenvalue weighted by molar-refractivity contribution is -0.137. The number of aliphatic hydroxyl groups is 3. The number of aliphatic carboxylic acids is 1. The zero-order valence-electron chi connectivity index (χ0n) is 47.9. The van der Waals surface area contributed by atoms with Crippen LogP contribution in [0.5, 0.6) is 0 Å². The standard InChI is InChI=1S/C56H58N14O13S6/c1-24(2)40-56-70-43(36(89-56)19-83-5)49(81)59-17-38(74)67-44(45(77)26-9-7-6-8-10-26)55-66-35(23-87-55)53-63-32(20-85-53)42-28(51-64-33(21-84-51)48(80)62-31(15-37(73)57-4)54-69-41(25(3)88-54)50(82)68-40)11-12-30(60-42)52-65-34(22-86-52)47(79)61-29(13-14-39(75)76)46(78)58-16-27(72)18-71/h6-12,20-24,27,29,31,40,44-45,71-72,77H,13-19H2,1-5H3,(H,57,73)(H,58,78)(H,59,81)(H,61,79)(H,62,80)(H,67,74)(H,68,82)(H,75,76)/t27?,29-,31?,40?,44?,45?/m0/s1. The third-order valence-corrected chi connectivity index (χ3v) is 19.2. The Hall–Kier alpha value is -8.25. The SMILES string of the molecule is CNC(=O)CC1NC(=O)c2csc(n2)-c2ccc(-c3nc(C(=O)N[C@@H](CCC(=O)O)C(=O)NCC(O)CO)cs3)nc2-c2csc(n2)-c2csc(n2)C(C(O)c2ccccc2)NC(=O)CNC(=O)c2nc(sc2COC)C(C(C)C)NC(=O)c2nc1sc2C. The van der Waals surface area contributed by atoms with Gasteiger partial charge in [0.1, 0.15) is 88.1 Å². The van der Waals surface area contributed by atoms with Crippen molar-refractivity contribution in [1.82, 2.24) is 72.1 Å². The number of rotatable bonds is 17. The molecule has 0 radical (unpaired) electrons. The highest BCUT2D eigenvalue weighted by Crippen LogP contribution is 2.40. The van der Waals surface area contributed by atoms with Gasteiger partial charge in [-0.05, 0) is 37.0 Å². The van der Waals surface area contributed by atoms with Crippen molar-refractivity contribution >= 4 is 115 Å². The van der Waals surface area contributed by atoms with Crippen molar-refractivity contribution in [2.45, 2.75) is 83.0 Å². The molecule has 9 rings (SSSR count). The number of hydrogen-bond donors (Lipinski definition) is 11. The van der Waals surface area contributed by atoms with Crippen LogP contribution >= 0.6 is 68.0 Å². The Balaban J connectivity index is 1.11. The molecule has 1 aliphatic rings. The molecule has 27 nitrogen and oxygen atoms in total. The summed E-state index contributed by atoms with van der Waals surface area (Å²) in [6, 6.07) is 7.67. The number of methoxy groups -OCH3 is 1. The number of nitrogens with one attached hydrogen (secondary N) is 7. The predicted octanol–water partition coefficient (Wildman–Crippen LogP) is 4.74. The van der Waals surface area contributed by atoms with Gasteiger partial charge in [-0.2, -0.15) is 0 Å². The molecule has 1 aromatic carbocycles. The van der Waals surface area contributed by atoms with Crippen molar-refractivity contribution in [2.75, 3.05) is 33.9 Å². The average molecular weight is 1330 g/mol. The maximum Gasteiger partial charge on any atom is 0.303 e. The first kappa shape index (κ1) is 65.2. The number of carboxylic acid groups (broad SMARTS) is 1. The largest absolute Gasteiger partial charge is 0.481 e. The van der Waals surface area contributed by atoms with Crippen molar-refractivity contribution in [3.63, 3.8) is 0 Å². The molecule has 0 spiro atoms. The number of pyridine rings is 1. The number of carbonyl (C=O) groups is 8. The minimum atomic E-state index is -1.35. The van der Waals surface area contributed by atoms with Crippen LogP contribution in [-0.4, -0.2) is 149 Å². The molecular weight excluding hydrogens is 1270 g/mol. The quantitative estimate of drug-likeness (QED) is 0.0586. The van der Waals surface area contributed by atoms with E-state index in [0.29, 0.717) is 52.3 Å². The van der Waals surface area contributed by atoms with Crippen LogP contribution in [0, 0.1) is 12.8 Å². The summed E-state index contributed by atoms with van der Waals surface area (Å²) in [5, 5.41) is 67.4. The van der Waals surface area contributed by atoms with Crippen LogP contribution in [0.25, 0.3) is 43.4 Å². The number of hydrogen-bond acceptors (Lipinski definition) is 25. The van der Waals surface area contributed by atoms with Crippen LogP contribution in [0.2, 0.25) is 0 Å². The summed E-state index contributed by atoms with van der Waals surface area (Å²) >= 11 is 6.74. The number of carboxylic acids is 1. The molecule has 0 saturated carbocycles. The molecule has 8 heterocycles. The molecule has 1 aliphatic heterocycles. The third kappa shape index (κ3) is 15.8. The summed E-state index contributed by atoms with van der Waals surface area (Å²) in [7, 11) is 2.90. The first-order valence-corrected chi connectivity index (χ1v) is 32.4. The van der Waals surface area contributed by atoms with Gasteiger partial charge in [0.05, 0.1) is 54.9 Å². The molecule has 6 atom stereocenters. The highest BCUT2D eigenvalue weighted by molar-refractivity contribution is 7.15. The zero-order valence-corrected chi connectivity index (χ0v) is 52.8. The summed E-state index contributed by atoms with van der Waals surface area (Å²) in [5.41, 5.74) is 1.88. The summed E-state index contributed by atoms with van der Waals surface area (Å²) in [5.74, 6) is -6.17. The monoisotopic (exact) mass is 1330 g/mol. The molecule has 0 aliphatic carbocycles. The fraction of sp³-hybridized carbons (Fsp3) is 0.339. The summed E-state index contributed by atoms with van der Waals surface area (Å²) in [6.07, 6.45) is -3.66. The van der Waals surface area contributed by atoms with Gasteiger partial charge in [-0.15, -0.1) is 68.0 Å². The number of aryl methyl sites for hydroxylation is 1. The molecule has 33 heteroatoms. The highest BCUT2D eigenvalue weighted by Gasteiger charge is 2.33. The summed E-state index contributed by atoms with van der Waals surface area (Å²) in [6.45, 7) is 3.83. The van der Waals surface area contributed by atoms with E-state index in [2.05, 4.69) is 52.2 Å². The van der Waals surface area contributed by atoms with Crippen LogP contribution in [-0.2, 0) is 30.5 Å². The van der Waals surface area contributed by atoms with Gasteiger partial charge in [0.2, 0.25) is 17.7 Å². The first-order valence-electron chi connectivity index (χ1n) is 27.2. The summed E-state index contributed by atoms with van der Waals surface area (Å²) < 4.78 is 5.44. The van der Waals surface area contributed by atoms with Crippen molar-refractivity contribution in [2.24, 2.45) is 5.92 Å². The Kier molecular flexibility index (Phi) is 21.5. The lowest BCUT2D eigenvalue weighted by atomic mass is 10.0. The lowest BCUT2D eigenvalue weighted by Gasteiger charge is -2.23. The number of aliphatic hydroxyl groups excluding tert-OH is 3. The van der Waals surface area contributed by atoms with Gasteiger partial charge in [-0.1, -0.05) is 44.2 Å². The fourth-order valence-electron chi connectivity index (χ4n) is 8.86. The molecule has 7 aromatic heterocycles. The molecule has 8 aromatic rings. The number of thiazole rings is 6. The topological polar surface area (TPSA) is 401 Å². The van der Waals surface area contributed by atoms with Crippen molar-refractivity contribution in [3.8, 4) is 43.4 Å². The smallest absolute Gasteiger partial charge is 0.303 e. The second-order valence-electron chi connectivity index (χ2n) is 20.2. The molecule has 0 fully saturated rings. The van der Waals surface area contributed by atoms with Crippen LogP contribution in [0.1, 0.15) is 130 Å². The molecule has 89 heavy (non-hydrogen) atoms. The van der Waals surface area contributed by atoms with Gasteiger partial charge in [0.25, 0.3) is 23.6 Å². The van der Waals surface area contributed by atoms with E-state index >= 15 is 0 Å². The number of benzene rings is 1. The second kappa shape index (κ2) is 29.4. The van der Waals surface area contributed by atoms with E-state index in [0.717, 1.165) is 56.7 Å². The van der Waals surface area contributed by atoms with Gasteiger partial charge in [-0.25, -0.2) is 34.9 Å². The van der Waals surface area contributed by atoms with E-state index in [4.69, 9.17) is 24.7 Å². The number of ether oxygens (including phenoxy) is 1. The minimum Gasteiger partial charge on any atom is -0.481 e. The normalized spacial score (nSPS) is 16.7. The average Bonchev–Trinajstić information content (AvgIpc) is 2.10. The Morgan fingerprint density at radius 1 is 0.719 bits per heavy atom. The Morgan fingerprint density at radius 3 is 2.16 bits per heavy atom. The number of aromatic nitrogens is 7. The molecule has 11 N–H and O–H groups in total. The van der Waals surface area contributed by atoms with E-state index in [-0.39, 0.29) is 76.1 Å². The Bertz CT molecular complexity index is 3920. The van der Waals surface area contributed by atoms with Crippen LogP contribution in [0.3, 0.4) is 0 Å². The number of fused-ring (bicyclic) bond motifs is 14. The van der Waals surface area contributed by atoms with Crippen molar-refractivity contribution < 1.29 is 63.5 Å². The van der Waals surface area contributed by atoms with Gasteiger partial charge < -0.3 is 62.4 Å².